The molecule has 1 aromatic carbocycles. The lowest BCUT2D eigenvalue weighted by molar-refractivity contribution is -0.120. The zero-order valence-corrected chi connectivity index (χ0v) is 12.3. The van der Waals surface area contributed by atoms with Gasteiger partial charge in [-0.25, -0.2) is 4.39 Å². The highest BCUT2D eigenvalue weighted by Crippen LogP contribution is 2.20. The summed E-state index contributed by atoms with van der Waals surface area (Å²) < 4.78 is 18.9. The molecule has 112 valence electrons. The van der Waals surface area contributed by atoms with Gasteiger partial charge in [-0.2, -0.15) is 0 Å². The number of benzene rings is 1. The summed E-state index contributed by atoms with van der Waals surface area (Å²) >= 11 is 0. The standard InChI is InChI=1S/C15H23FN2O2/c1-11(2)18-10-12-9-13(16)6-7-14(12)20-8-4-5-15(19)17-3/h6-7,9,11,18H,4-5,8,10H2,1-3H3,(H,17,19). The molecule has 1 aromatic rings. The number of carbonyl (C=O) groups is 1. The number of carbonyl (C=O) groups excluding carboxylic acids is 1. The highest BCUT2D eigenvalue weighted by Gasteiger charge is 2.07. The van der Waals surface area contributed by atoms with E-state index in [1.807, 2.05) is 13.8 Å². The number of nitrogens with one attached hydrogen (secondary N) is 2. The molecule has 1 rings (SSSR count). The zero-order valence-electron chi connectivity index (χ0n) is 12.3. The average Bonchev–Trinajstić information content (AvgIpc) is 2.42. The quantitative estimate of drug-likeness (QED) is 0.719. The second-order valence-corrected chi connectivity index (χ2v) is 4.91. The maximum absolute atomic E-state index is 13.3. The Labute approximate surface area is 119 Å². The number of rotatable bonds is 8. The summed E-state index contributed by atoms with van der Waals surface area (Å²) in [7, 11) is 1.61. The largest absolute Gasteiger partial charge is 0.493 e. The number of halogens is 1. The molecule has 4 nitrogen and oxygen atoms in total. The van der Waals surface area contributed by atoms with Crippen LogP contribution in [-0.2, 0) is 11.3 Å². The van der Waals surface area contributed by atoms with Gasteiger partial charge in [0, 0.05) is 31.6 Å². The van der Waals surface area contributed by atoms with Crippen molar-refractivity contribution >= 4 is 5.91 Å². The van der Waals surface area contributed by atoms with Crippen molar-refractivity contribution in [3.05, 3.63) is 29.6 Å². The summed E-state index contributed by atoms with van der Waals surface area (Å²) in [5, 5.41) is 5.80. The van der Waals surface area contributed by atoms with E-state index in [1.54, 1.807) is 13.1 Å². The highest BCUT2D eigenvalue weighted by atomic mass is 19.1. The van der Waals surface area contributed by atoms with E-state index in [2.05, 4.69) is 10.6 Å². The Bertz CT molecular complexity index is 436. The number of hydrogen-bond acceptors (Lipinski definition) is 3. The number of ether oxygens (including phenoxy) is 1. The fourth-order valence-electron chi connectivity index (χ4n) is 1.68. The van der Waals surface area contributed by atoms with Crippen molar-refractivity contribution in [2.75, 3.05) is 13.7 Å². The van der Waals surface area contributed by atoms with Crippen molar-refractivity contribution in [2.45, 2.75) is 39.3 Å². The van der Waals surface area contributed by atoms with Crippen molar-refractivity contribution in [2.24, 2.45) is 0 Å². The molecule has 0 aliphatic rings. The second-order valence-electron chi connectivity index (χ2n) is 4.91. The van der Waals surface area contributed by atoms with Gasteiger partial charge in [-0.1, -0.05) is 13.8 Å². The third kappa shape index (κ3) is 6.02. The van der Waals surface area contributed by atoms with Gasteiger partial charge in [0.2, 0.25) is 5.91 Å². The predicted octanol–water partition coefficient (Wildman–Crippen LogP) is 2.23. The van der Waals surface area contributed by atoms with Gasteiger partial charge in [-0.15, -0.1) is 0 Å². The fourth-order valence-corrected chi connectivity index (χ4v) is 1.68. The second kappa shape index (κ2) is 8.53. The predicted molar refractivity (Wildman–Crippen MR) is 77.2 cm³/mol. The average molecular weight is 282 g/mol. The topological polar surface area (TPSA) is 50.4 Å². The summed E-state index contributed by atoms with van der Waals surface area (Å²) in [6, 6.07) is 4.81. The molecule has 1 amide bonds. The van der Waals surface area contributed by atoms with Crippen LogP contribution in [0.25, 0.3) is 0 Å². The molecule has 5 heteroatoms. The molecule has 0 fully saturated rings. The molecule has 0 aromatic heterocycles. The first-order valence-corrected chi connectivity index (χ1v) is 6.88. The van der Waals surface area contributed by atoms with E-state index >= 15 is 0 Å². The van der Waals surface area contributed by atoms with Crippen molar-refractivity contribution in [3.8, 4) is 5.75 Å². The number of hydrogen-bond donors (Lipinski definition) is 2. The van der Waals surface area contributed by atoms with Gasteiger partial charge in [-0.3, -0.25) is 4.79 Å². The van der Waals surface area contributed by atoms with Crippen LogP contribution in [0.2, 0.25) is 0 Å². The van der Waals surface area contributed by atoms with Crippen molar-refractivity contribution in [1.82, 2.24) is 10.6 Å². The molecule has 0 heterocycles. The Morgan fingerprint density at radius 2 is 2.15 bits per heavy atom. The summed E-state index contributed by atoms with van der Waals surface area (Å²) in [5.41, 5.74) is 0.790. The van der Waals surface area contributed by atoms with Gasteiger partial charge in [0.1, 0.15) is 11.6 Å². The minimum absolute atomic E-state index is 0.00518. The van der Waals surface area contributed by atoms with Crippen LogP contribution in [0.5, 0.6) is 5.75 Å². The molecule has 0 bridgehead atoms. The van der Waals surface area contributed by atoms with E-state index in [4.69, 9.17) is 4.74 Å². The van der Waals surface area contributed by atoms with Crippen LogP contribution in [0.4, 0.5) is 4.39 Å². The van der Waals surface area contributed by atoms with E-state index in [0.717, 1.165) is 5.56 Å². The van der Waals surface area contributed by atoms with Crippen LogP contribution >= 0.6 is 0 Å². The number of amides is 1. The van der Waals surface area contributed by atoms with Crippen molar-refractivity contribution in [1.29, 1.82) is 0 Å². The zero-order chi connectivity index (χ0) is 15.0. The summed E-state index contributed by atoms with van der Waals surface area (Å²) in [6.45, 7) is 5.06. The van der Waals surface area contributed by atoms with E-state index in [9.17, 15) is 9.18 Å². The molecule has 0 unspecified atom stereocenters. The third-order valence-corrected chi connectivity index (χ3v) is 2.81. The van der Waals surface area contributed by atoms with E-state index in [0.29, 0.717) is 37.8 Å². The summed E-state index contributed by atoms with van der Waals surface area (Å²) in [5.74, 6) is 0.383. The van der Waals surface area contributed by atoms with E-state index in [1.165, 1.54) is 12.1 Å². The van der Waals surface area contributed by atoms with Crippen LogP contribution in [0, 0.1) is 5.82 Å². The van der Waals surface area contributed by atoms with E-state index in [-0.39, 0.29) is 11.7 Å². The molecule has 0 atom stereocenters. The molecular formula is C15H23FN2O2. The Morgan fingerprint density at radius 1 is 1.40 bits per heavy atom. The van der Waals surface area contributed by atoms with Crippen LogP contribution in [0.3, 0.4) is 0 Å². The fraction of sp³-hybridized carbons (Fsp3) is 0.533. The Balaban J connectivity index is 2.53. The van der Waals surface area contributed by atoms with Gasteiger partial charge in [0.05, 0.1) is 6.61 Å². The lowest BCUT2D eigenvalue weighted by Gasteiger charge is -2.14. The molecule has 2 N–H and O–H groups in total. The van der Waals surface area contributed by atoms with Gasteiger partial charge in [0.15, 0.2) is 0 Å². The lowest BCUT2D eigenvalue weighted by atomic mass is 10.2. The molecule has 0 saturated heterocycles. The Kier molecular flexibility index (Phi) is 7.01. The minimum Gasteiger partial charge on any atom is -0.493 e. The van der Waals surface area contributed by atoms with Crippen LogP contribution < -0.4 is 15.4 Å². The van der Waals surface area contributed by atoms with E-state index < -0.39 is 0 Å². The molecule has 20 heavy (non-hydrogen) atoms. The smallest absolute Gasteiger partial charge is 0.219 e. The van der Waals surface area contributed by atoms with Gasteiger partial charge in [-0.05, 0) is 24.6 Å². The molecule has 0 spiro atoms. The summed E-state index contributed by atoms with van der Waals surface area (Å²) in [6.07, 6.45) is 1.06. The van der Waals surface area contributed by atoms with Crippen molar-refractivity contribution in [3.63, 3.8) is 0 Å². The van der Waals surface area contributed by atoms with Gasteiger partial charge >= 0.3 is 0 Å². The van der Waals surface area contributed by atoms with Crippen molar-refractivity contribution < 1.29 is 13.9 Å². The first-order chi connectivity index (χ1) is 9.52. The Hall–Kier alpha value is -1.62. The molecule has 0 aliphatic heterocycles. The highest BCUT2D eigenvalue weighted by molar-refractivity contribution is 5.75. The molecule has 0 aliphatic carbocycles. The lowest BCUT2D eigenvalue weighted by Crippen LogP contribution is -2.22. The monoisotopic (exact) mass is 282 g/mol. The molecule has 0 radical (unpaired) electrons. The normalized spacial score (nSPS) is 10.7. The van der Waals surface area contributed by atoms with Crippen LogP contribution in [-0.4, -0.2) is 25.6 Å². The minimum atomic E-state index is -0.275. The maximum Gasteiger partial charge on any atom is 0.219 e. The summed E-state index contributed by atoms with van der Waals surface area (Å²) in [4.78, 5) is 11.1. The molecule has 0 saturated carbocycles. The van der Waals surface area contributed by atoms with Crippen LogP contribution in [0.1, 0.15) is 32.3 Å². The first kappa shape index (κ1) is 16.4. The Morgan fingerprint density at radius 3 is 2.80 bits per heavy atom. The van der Waals surface area contributed by atoms with Gasteiger partial charge < -0.3 is 15.4 Å². The maximum atomic E-state index is 13.3. The van der Waals surface area contributed by atoms with Crippen LogP contribution in [0.15, 0.2) is 18.2 Å². The third-order valence-electron chi connectivity index (χ3n) is 2.81. The SMILES string of the molecule is CNC(=O)CCCOc1ccc(F)cc1CNC(C)C. The first-order valence-electron chi connectivity index (χ1n) is 6.88. The van der Waals surface area contributed by atoms with Gasteiger partial charge in [0.25, 0.3) is 0 Å². The molecular weight excluding hydrogens is 259 g/mol.